The first-order chi connectivity index (χ1) is 13.8. The Hall–Kier alpha value is -2.86. The molecule has 0 N–H and O–H groups in total. The summed E-state index contributed by atoms with van der Waals surface area (Å²) in [5.41, 5.74) is 7.26. The van der Waals surface area contributed by atoms with Gasteiger partial charge in [0.15, 0.2) is 0 Å². The van der Waals surface area contributed by atoms with Gasteiger partial charge in [0.25, 0.3) is 0 Å². The lowest BCUT2D eigenvalue weighted by molar-refractivity contribution is 0.893. The van der Waals surface area contributed by atoms with Gasteiger partial charge in [-0.05, 0) is 54.1 Å². The standard InChI is InChI=1S/C26H24/c1-19(2)18-22-16-10-11-17-23(22)26(3)24(20-12-6-4-7-13-20)25(26)21-14-8-5-9-15-21/h4-18H,1-3H3/i1D3/b19-18-. The predicted molar refractivity (Wildman–Crippen MR) is 113 cm³/mol. The monoisotopic (exact) mass is 339 g/mol. The third-order valence-corrected chi connectivity index (χ3v) is 5.18. The average molecular weight is 339 g/mol. The van der Waals surface area contributed by atoms with E-state index in [4.69, 9.17) is 4.11 Å². The van der Waals surface area contributed by atoms with Gasteiger partial charge in [-0.25, -0.2) is 0 Å². The Balaban J connectivity index is 1.87. The van der Waals surface area contributed by atoms with Crippen LogP contribution in [0, 0.1) is 0 Å². The lowest BCUT2D eigenvalue weighted by Crippen LogP contribution is -2.10. The Bertz CT molecular complexity index is 1040. The molecule has 0 saturated heterocycles. The van der Waals surface area contributed by atoms with Crippen molar-refractivity contribution in [2.24, 2.45) is 0 Å². The van der Waals surface area contributed by atoms with Crippen molar-refractivity contribution in [3.05, 3.63) is 113 Å². The molecule has 0 spiro atoms. The number of hydrogen-bond acceptors (Lipinski definition) is 0. The van der Waals surface area contributed by atoms with E-state index in [9.17, 15) is 0 Å². The highest BCUT2D eigenvalue weighted by molar-refractivity contribution is 6.19. The van der Waals surface area contributed by atoms with Crippen LogP contribution in [0.4, 0.5) is 0 Å². The molecule has 26 heavy (non-hydrogen) atoms. The number of rotatable bonds is 4. The normalized spacial score (nSPS) is 18.1. The summed E-state index contributed by atoms with van der Waals surface area (Å²) in [4.78, 5) is 0. The van der Waals surface area contributed by atoms with Gasteiger partial charge in [0.2, 0.25) is 0 Å². The van der Waals surface area contributed by atoms with Gasteiger partial charge in [0.1, 0.15) is 0 Å². The molecule has 3 aromatic rings. The maximum atomic E-state index is 7.73. The highest BCUT2D eigenvalue weighted by Gasteiger charge is 2.52. The van der Waals surface area contributed by atoms with Gasteiger partial charge in [-0.1, -0.05) is 96.6 Å². The predicted octanol–water partition coefficient (Wildman–Crippen LogP) is 6.99. The fourth-order valence-electron chi connectivity index (χ4n) is 4.03. The average Bonchev–Trinajstić information content (AvgIpc) is 3.35. The molecule has 1 aliphatic rings. The molecule has 0 saturated carbocycles. The fourth-order valence-corrected chi connectivity index (χ4v) is 4.03. The molecule has 0 heterocycles. The summed E-state index contributed by atoms with van der Waals surface area (Å²) in [6.07, 6.45) is 1.82. The molecular weight excluding hydrogens is 312 g/mol. The zero-order valence-electron chi connectivity index (χ0n) is 18.2. The molecular formula is C26H24. The van der Waals surface area contributed by atoms with Crippen molar-refractivity contribution in [1.29, 1.82) is 0 Å². The minimum absolute atomic E-state index is 0.259. The van der Waals surface area contributed by atoms with Gasteiger partial charge in [0.05, 0.1) is 0 Å². The van der Waals surface area contributed by atoms with Crippen LogP contribution < -0.4 is 0 Å². The Morgan fingerprint density at radius 1 is 0.769 bits per heavy atom. The van der Waals surface area contributed by atoms with Crippen LogP contribution in [0.1, 0.15) is 47.1 Å². The van der Waals surface area contributed by atoms with Crippen LogP contribution >= 0.6 is 0 Å². The SMILES string of the molecule is [2H]C([2H])([2H])/C(C)=C/c1ccccc1C1(C)C(c2ccccc2)=C1c1ccccc1. The Labute approximate surface area is 160 Å². The Kier molecular flexibility index (Phi) is 3.32. The second-order valence-electron chi connectivity index (χ2n) is 7.02. The van der Waals surface area contributed by atoms with Crippen LogP contribution in [0.5, 0.6) is 0 Å². The van der Waals surface area contributed by atoms with Crippen molar-refractivity contribution in [1.82, 2.24) is 0 Å². The first-order valence-electron chi connectivity index (χ1n) is 10.5. The van der Waals surface area contributed by atoms with Crippen molar-refractivity contribution in [3.63, 3.8) is 0 Å². The van der Waals surface area contributed by atoms with E-state index in [2.05, 4.69) is 61.5 Å². The molecule has 1 aliphatic carbocycles. The number of hydrogen-bond donors (Lipinski definition) is 0. The molecule has 0 aliphatic heterocycles. The van der Waals surface area contributed by atoms with E-state index in [-0.39, 0.29) is 5.41 Å². The molecule has 4 rings (SSSR count). The van der Waals surface area contributed by atoms with Crippen molar-refractivity contribution in [3.8, 4) is 0 Å². The van der Waals surface area contributed by atoms with E-state index in [0.717, 1.165) is 11.1 Å². The van der Waals surface area contributed by atoms with Crippen molar-refractivity contribution in [2.75, 3.05) is 0 Å². The minimum atomic E-state index is -2.09. The molecule has 0 amide bonds. The zero-order valence-corrected chi connectivity index (χ0v) is 15.2. The number of allylic oxidation sites excluding steroid dienone is 3. The third-order valence-electron chi connectivity index (χ3n) is 5.18. The minimum Gasteiger partial charge on any atom is -0.0758 e. The topological polar surface area (TPSA) is 0 Å². The molecule has 0 aromatic heterocycles. The molecule has 0 nitrogen and oxygen atoms in total. The maximum Gasteiger partial charge on any atom is 0.0447 e. The molecule has 128 valence electrons. The highest BCUT2D eigenvalue weighted by Crippen LogP contribution is 2.64. The van der Waals surface area contributed by atoms with Crippen LogP contribution in [0.3, 0.4) is 0 Å². The second-order valence-corrected chi connectivity index (χ2v) is 7.02. The van der Waals surface area contributed by atoms with E-state index < -0.39 is 6.85 Å². The molecule has 0 bridgehead atoms. The smallest absolute Gasteiger partial charge is 0.0447 e. The summed E-state index contributed by atoms with van der Waals surface area (Å²) >= 11 is 0. The van der Waals surface area contributed by atoms with Crippen LogP contribution in [0.25, 0.3) is 17.2 Å². The van der Waals surface area contributed by atoms with E-state index in [0.29, 0.717) is 5.57 Å². The number of benzene rings is 3. The zero-order chi connectivity index (χ0) is 20.6. The van der Waals surface area contributed by atoms with E-state index in [1.165, 1.54) is 22.3 Å². The van der Waals surface area contributed by atoms with E-state index >= 15 is 0 Å². The summed E-state index contributed by atoms with van der Waals surface area (Å²) in [7, 11) is 0. The molecule has 0 heteroatoms. The second kappa shape index (κ2) is 6.46. The quantitative estimate of drug-likeness (QED) is 0.480. The molecule has 0 radical (unpaired) electrons. The van der Waals surface area contributed by atoms with Gasteiger partial charge in [-0.2, -0.15) is 0 Å². The van der Waals surface area contributed by atoms with Gasteiger partial charge < -0.3 is 0 Å². The Morgan fingerprint density at radius 2 is 1.27 bits per heavy atom. The van der Waals surface area contributed by atoms with Gasteiger partial charge in [-0.15, -0.1) is 0 Å². The molecule has 0 atom stereocenters. The summed E-state index contributed by atoms with van der Waals surface area (Å²) in [5.74, 6) is 0. The highest BCUT2D eigenvalue weighted by atomic mass is 14.5. The summed E-state index contributed by atoms with van der Waals surface area (Å²) < 4.78 is 23.2. The van der Waals surface area contributed by atoms with Crippen LogP contribution in [-0.4, -0.2) is 0 Å². The molecule has 0 fully saturated rings. The van der Waals surface area contributed by atoms with Gasteiger partial charge in [0, 0.05) is 9.53 Å². The van der Waals surface area contributed by atoms with E-state index in [1.807, 2.05) is 36.4 Å². The van der Waals surface area contributed by atoms with Gasteiger partial charge in [-0.3, -0.25) is 0 Å². The first-order valence-corrected chi connectivity index (χ1v) is 8.98. The van der Waals surface area contributed by atoms with Gasteiger partial charge >= 0.3 is 0 Å². The van der Waals surface area contributed by atoms with Crippen LogP contribution in [-0.2, 0) is 5.41 Å². The molecule has 3 aromatic carbocycles. The van der Waals surface area contributed by atoms with Crippen molar-refractivity contribution >= 4 is 17.2 Å². The summed E-state index contributed by atoms with van der Waals surface area (Å²) in [6.45, 7) is 1.84. The van der Waals surface area contributed by atoms with Crippen LogP contribution in [0.2, 0.25) is 0 Å². The van der Waals surface area contributed by atoms with Crippen molar-refractivity contribution < 1.29 is 4.11 Å². The maximum absolute atomic E-state index is 7.73. The van der Waals surface area contributed by atoms with Crippen molar-refractivity contribution in [2.45, 2.75) is 26.1 Å². The fraction of sp³-hybridized carbons (Fsp3) is 0.154. The van der Waals surface area contributed by atoms with E-state index in [1.54, 1.807) is 6.92 Å². The lowest BCUT2D eigenvalue weighted by Gasteiger charge is -2.19. The molecule has 0 unspecified atom stereocenters. The third kappa shape index (κ3) is 2.72. The largest absolute Gasteiger partial charge is 0.0758 e. The lowest BCUT2D eigenvalue weighted by atomic mass is 9.83. The Morgan fingerprint density at radius 3 is 1.81 bits per heavy atom. The van der Waals surface area contributed by atoms with Crippen LogP contribution in [0.15, 0.2) is 90.5 Å². The first kappa shape index (κ1) is 13.4. The summed E-state index contributed by atoms with van der Waals surface area (Å²) in [5, 5.41) is 0. The summed E-state index contributed by atoms with van der Waals surface area (Å²) in [6, 6.07) is 29.0.